The van der Waals surface area contributed by atoms with Crippen molar-refractivity contribution >= 4 is 27.9 Å². The lowest BCUT2D eigenvalue weighted by Gasteiger charge is -2.35. The molecule has 2 saturated heterocycles. The zero-order valence-electron chi connectivity index (χ0n) is 19.4. The van der Waals surface area contributed by atoms with Crippen LogP contribution in [0.3, 0.4) is 0 Å². The third-order valence-electron chi connectivity index (χ3n) is 7.80. The second kappa shape index (κ2) is 8.96. The van der Waals surface area contributed by atoms with Crippen LogP contribution < -0.4 is 5.32 Å². The molecule has 5 rings (SSSR count). The Morgan fingerprint density at radius 2 is 1.59 bits per heavy atom. The number of carbonyl (C=O) groups is 3. The molecule has 3 fully saturated rings. The number of urea groups is 1. The third-order valence-corrected chi connectivity index (χ3v) is 9.69. The van der Waals surface area contributed by atoms with Crippen molar-refractivity contribution in [1.29, 1.82) is 0 Å². The van der Waals surface area contributed by atoms with Crippen LogP contribution in [0, 0.1) is 0 Å². The monoisotopic (exact) mass is 488 g/mol. The number of nitrogens with zero attached hydrogens (tertiary/aromatic N) is 3. The second-order valence-electron chi connectivity index (χ2n) is 9.89. The van der Waals surface area contributed by atoms with Crippen LogP contribution in [-0.4, -0.2) is 78.6 Å². The van der Waals surface area contributed by atoms with Gasteiger partial charge >= 0.3 is 6.03 Å². The zero-order valence-corrected chi connectivity index (χ0v) is 20.2. The highest BCUT2D eigenvalue weighted by molar-refractivity contribution is 7.89. The van der Waals surface area contributed by atoms with E-state index in [-0.39, 0.29) is 44.5 Å². The van der Waals surface area contributed by atoms with Crippen molar-refractivity contribution in [3.8, 4) is 0 Å². The van der Waals surface area contributed by atoms with Crippen molar-refractivity contribution in [2.75, 3.05) is 32.7 Å². The minimum atomic E-state index is -3.64. The number of benzene rings is 1. The summed E-state index contributed by atoms with van der Waals surface area (Å²) in [5.41, 5.74) is 1.50. The standard InChI is InChI=1S/C24H32N4O5S/c29-21(17-28-22(30)24(25-23(28)31)10-4-1-5-11-24)26-12-14-27(15-13-26)34(32,33)20-9-8-18-6-2-3-7-19(18)16-20/h8-9,16H,1-7,10-15,17H2,(H,25,31). The first-order chi connectivity index (χ1) is 16.3. The van der Waals surface area contributed by atoms with E-state index in [0.29, 0.717) is 17.7 Å². The third kappa shape index (κ3) is 4.11. The van der Waals surface area contributed by atoms with E-state index in [2.05, 4.69) is 5.32 Å². The molecular weight excluding hydrogens is 456 g/mol. The number of hydrogen-bond donors (Lipinski definition) is 1. The highest BCUT2D eigenvalue weighted by Gasteiger charge is 2.51. The number of sulfonamides is 1. The fourth-order valence-corrected chi connectivity index (χ4v) is 7.22. The molecule has 0 unspecified atom stereocenters. The minimum absolute atomic E-state index is 0.190. The minimum Gasteiger partial charge on any atom is -0.338 e. The van der Waals surface area contributed by atoms with Gasteiger partial charge in [0.15, 0.2) is 0 Å². The van der Waals surface area contributed by atoms with Gasteiger partial charge in [-0.15, -0.1) is 0 Å². The molecule has 1 aromatic rings. The Bertz CT molecular complexity index is 1100. The fourth-order valence-electron chi connectivity index (χ4n) is 5.75. The van der Waals surface area contributed by atoms with Gasteiger partial charge in [0.25, 0.3) is 5.91 Å². The Kier molecular flexibility index (Phi) is 6.14. The van der Waals surface area contributed by atoms with Crippen LogP contribution in [0.4, 0.5) is 4.79 Å². The summed E-state index contributed by atoms with van der Waals surface area (Å²) < 4.78 is 27.8. The van der Waals surface area contributed by atoms with Crippen LogP contribution in [0.5, 0.6) is 0 Å². The number of fused-ring (bicyclic) bond motifs is 1. The van der Waals surface area contributed by atoms with E-state index in [1.807, 2.05) is 6.07 Å². The lowest BCUT2D eigenvalue weighted by atomic mass is 9.82. The molecule has 1 aromatic carbocycles. The van der Waals surface area contributed by atoms with E-state index in [0.717, 1.165) is 55.4 Å². The number of amides is 4. The van der Waals surface area contributed by atoms with Crippen molar-refractivity contribution < 1.29 is 22.8 Å². The smallest absolute Gasteiger partial charge is 0.325 e. The summed E-state index contributed by atoms with van der Waals surface area (Å²) in [6.45, 7) is 0.546. The SMILES string of the molecule is O=C(CN1C(=O)NC2(CCCCC2)C1=O)N1CCN(S(=O)(=O)c2ccc3c(c2)CCCC3)CC1. The van der Waals surface area contributed by atoms with Crippen molar-refractivity contribution in [2.24, 2.45) is 0 Å². The molecule has 10 heteroatoms. The number of carbonyl (C=O) groups excluding carboxylic acids is 3. The fraction of sp³-hybridized carbons (Fsp3) is 0.625. The average Bonchev–Trinajstić information content (AvgIpc) is 3.07. The van der Waals surface area contributed by atoms with E-state index in [9.17, 15) is 22.8 Å². The number of nitrogens with one attached hydrogen (secondary N) is 1. The van der Waals surface area contributed by atoms with Gasteiger partial charge in [0.05, 0.1) is 4.90 Å². The van der Waals surface area contributed by atoms with Gasteiger partial charge in [-0.2, -0.15) is 4.31 Å². The molecule has 2 aliphatic carbocycles. The highest BCUT2D eigenvalue weighted by Crippen LogP contribution is 2.33. The van der Waals surface area contributed by atoms with Crippen LogP contribution in [0.2, 0.25) is 0 Å². The number of imide groups is 1. The zero-order chi connectivity index (χ0) is 23.9. The maximum atomic E-state index is 13.2. The van der Waals surface area contributed by atoms with E-state index in [4.69, 9.17) is 0 Å². The Morgan fingerprint density at radius 3 is 2.29 bits per heavy atom. The molecule has 1 saturated carbocycles. The Morgan fingerprint density at radius 1 is 0.912 bits per heavy atom. The van der Waals surface area contributed by atoms with Crippen LogP contribution in [0.1, 0.15) is 56.1 Å². The molecule has 0 atom stereocenters. The van der Waals surface area contributed by atoms with Crippen LogP contribution in [0.15, 0.2) is 23.1 Å². The van der Waals surface area contributed by atoms with Crippen molar-refractivity contribution in [3.63, 3.8) is 0 Å². The lowest BCUT2D eigenvalue weighted by Crippen LogP contribution is -2.53. The number of rotatable bonds is 4. The molecule has 1 N–H and O–H groups in total. The summed E-state index contributed by atoms with van der Waals surface area (Å²) >= 11 is 0. The molecule has 4 amide bonds. The van der Waals surface area contributed by atoms with Gasteiger partial charge in [0.2, 0.25) is 15.9 Å². The summed E-state index contributed by atoms with van der Waals surface area (Å²) in [4.78, 5) is 41.2. The highest BCUT2D eigenvalue weighted by atomic mass is 32.2. The number of aryl methyl sites for hydroxylation is 2. The second-order valence-corrected chi connectivity index (χ2v) is 11.8. The normalized spacial score (nSPS) is 23.2. The van der Waals surface area contributed by atoms with Crippen molar-refractivity contribution in [1.82, 2.24) is 19.4 Å². The van der Waals surface area contributed by atoms with E-state index >= 15 is 0 Å². The molecule has 0 radical (unpaired) electrons. The quantitative estimate of drug-likeness (QED) is 0.649. The summed E-state index contributed by atoms with van der Waals surface area (Å²) in [6, 6.07) is 4.92. The maximum absolute atomic E-state index is 13.2. The van der Waals surface area contributed by atoms with Gasteiger partial charge < -0.3 is 10.2 Å². The Labute approximate surface area is 200 Å². The predicted octanol–water partition coefficient (Wildman–Crippen LogP) is 1.65. The van der Waals surface area contributed by atoms with Gasteiger partial charge in [0.1, 0.15) is 12.1 Å². The van der Waals surface area contributed by atoms with Gasteiger partial charge in [0, 0.05) is 26.2 Å². The number of piperazine rings is 1. The van der Waals surface area contributed by atoms with E-state index < -0.39 is 21.6 Å². The van der Waals surface area contributed by atoms with E-state index in [1.54, 1.807) is 17.0 Å². The molecule has 184 valence electrons. The van der Waals surface area contributed by atoms with Gasteiger partial charge in [-0.3, -0.25) is 14.5 Å². The summed E-state index contributed by atoms with van der Waals surface area (Å²) in [5.74, 6) is -0.638. The first-order valence-electron chi connectivity index (χ1n) is 12.3. The maximum Gasteiger partial charge on any atom is 0.325 e. The predicted molar refractivity (Wildman–Crippen MR) is 124 cm³/mol. The lowest BCUT2D eigenvalue weighted by molar-refractivity contribution is -0.140. The van der Waals surface area contributed by atoms with Crippen LogP contribution >= 0.6 is 0 Å². The molecule has 1 spiro atoms. The number of hydrogen-bond acceptors (Lipinski definition) is 5. The molecule has 34 heavy (non-hydrogen) atoms. The first kappa shape index (κ1) is 23.3. The van der Waals surface area contributed by atoms with Gasteiger partial charge in [-0.1, -0.05) is 25.3 Å². The Balaban J connectivity index is 1.20. The Hall–Kier alpha value is -2.46. The molecule has 9 nitrogen and oxygen atoms in total. The van der Waals surface area contributed by atoms with Gasteiger partial charge in [-0.25, -0.2) is 13.2 Å². The topological polar surface area (TPSA) is 107 Å². The first-order valence-corrected chi connectivity index (χ1v) is 13.8. The average molecular weight is 489 g/mol. The molecule has 4 aliphatic rings. The van der Waals surface area contributed by atoms with Crippen LogP contribution in [-0.2, 0) is 32.5 Å². The largest absolute Gasteiger partial charge is 0.338 e. The molecular formula is C24H32N4O5S. The molecule has 0 bridgehead atoms. The van der Waals surface area contributed by atoms with Crippen molar-refractivity contribution in [2.45, 2.75) is 68.2 Å². The van der Waals surface area contributed by atoms with Crippen molar-refractivity contribution in [3.05, 3.63) is 29.3 Å². The van der Waals surface area contributed by atoms with Gasteiger partial charge in [-0.05, 0) is 61.8 Å². The van der Waals surface area contributed by atoms with Crippen LogP contribution in [0.25, 0.3) is 0 Å². The summed E-state index contributed by atoms with van der Waals surface area (Å²) in [6.07, 6.45) is 8.16. The summed E-state index contributed by atoms with van der Waals surface area (Å²) in [5, 5.41) is 2.82. The molecule has 0 aromatic heterocycles. The molecule has 2 heterocycles. The molecule has 2 aliphatic heterocycles. The summed E-state index contributed by atoms with van der Waals surface area (Å²) in [7, 11) is -3.64. The van der Waals surface area contributed by atoms with E-state index in [1.165, 1.54) is 9.87 Å².